The van der Waals surface area contributed by atoms with Crippen LogP contribution in [-0.4, -0.2) is 12.1 Å². The van der Waals surface area contributed by atoms with Crippen LogP contribution < -0.4 is 0 Å². The van der Waals surface area contributed by atoms with Gasteiger partial charge in [-0.3, -0.25) is 11.2 Å². The van der Waals surface area contributed by atoms with Gasteiger partial charge < -0.3 is 11.2 Å². The second-order valence-corrected chi connectivity index (χ2v) is 3.03. The molecule has 1 aliphatic heterocycles. The molecule has 0 N–H and O–H groups in total. The summed E-state index contributed by atoms with van der Waals surface area (Å²) in [5, 5.41) is 0. The van der Waals surface area contributed by atoms with Crippen LogP contribution in [0.4, 0.5) is 0 Å². The second kappa shape index (κ2) is 3.26. The first-order chi connectivity index (χ1) is 4.77. The molecule has 0 amide bonds. The minimum atomic E-state index is -0.0365. The average Bonchev–Trinajstić information content (AvgIpc) is 2.21. The fourth-order valence-electron chi connectivity index (χ4n) is 1.52. The van der Waals surface area contributed by atoms with Crippen LogP contribution in [0.25, 0.3) is 0 Å². The Morgan fingerprint density at radius 1 is 1.64 bits per heavy atom. The first kappa shape index (κ1) is 9.25. The maximum Gasteiger partial charge on any atom is 2.00 e. The van der Waals surface area contributed by atoms with Gasteiger partial charge in [-0.05, 0) is 6.10 Å². The Bertz CT molecular complexity index is 169. The van der Waals surface area contributed by atoms with Gasteiger partial charge in [0.2, 0.25) is 0 Å². The molecule has 1 saturated heterocycles. The number of ether oxygens (including phenoxy) is 1. The van der Waals surface area contributed by atoms with Crippen LogP contribution in [0, 0.1) is 24.7 Å². The molecular formula is C8H10O2W. The van der Waals surface area contributed by atoms with Crippen molar-refractivity contribution in [3.05, 3.63) is 12.8 Å². The van der Waals surface area contributed by atoms with Gasteiger partial charge in [-0.15, -0.1) is 0 Å². The fourth-order valence-corrected chi connectivity index (χ4v) is 1.52. The average molecular weight is 322 g/mol. The Morgan fingerprint density at radius 2 is 2.36 bits per heavy atom. The van der Waals surface area contributed by atoms with Crippen LogP contribution >= 0.6 is 0 Å². The summed E-state index contributed by atoms with van der Waals surface area (Å²) in [4.78, 5) is 10.9. The van der Waals surface area contributed by atoms with E-state index >= 15 is 0 Å². The van der Waals surface area contributed by atoms with Crippen molar-refractivity contribution < 1.29 is 30.6 Å². The maximum atomic E-state index is 10.9. The van der Waals surface area contributed by atoms with Crippen molar-refractivity contribution in [1.29, 1.82) is 0 Å². The van der Waals surface area contributed by atoms with Gasteiger partial charge in [0.1, 0.15) is 0 Å². The molecule has 1 saturated carbocycles. The molecule has 0 aromatic heterocycles. The molecule has 2 rings (SSSR count). The van der Waals surface area contributed by atoms with Crippen molar-refractivity contribution in [3.8, 4) is 0 Å². The Hall–Kier alpha value is 0.158. The van der Waals surface area contributed by atoms with Gasteiger partial charge in [0.15, 0.2) is 0 Å². The van der Waals surface area contributed by atoms with E-state index in [2.05, 4.69) is 13.3 Å². The summed E-state index contributed by atoms with van der Waals surface area (Å²) >= 11 is 0. The van der Waals surface area contributed by atoms with Crippen molar-refractivity contribution in [2.24, 2.45) is 11.8 Å². The number of carbonyl (C=O) groups excluding carboxylic acids is 1. The number of esters is 1. The normalized spacial score (nSPS) is 41.2. The van der Waals surface area contributed by atoms with Crippen molar-refractivity contribution in [2.45, 2.75) is 19.4 Å². The SMILES string of the molecule is C[C@@H]1[CH-]CC2[CH-]C1OC2=O.[W+2]. The molecule has 0 aromatic carbocycles. The topological polar surface area (TPSA) is 26.3 Å². The van der Waals surface area contributed by atoms with Crippen LogP contribution in [-0.2, 0) is 30.6 Å². The smallest absolute Gasteiger partial charge is 0.499 e. The molecule has 2 unspecified atom stereocenters. The Balaban J connectivity index is 0.000000605. The summed E-state index contributed by atoms with van der Waals surface area (Å²) in [5.74, 6) is 0.453. The third kappa shape index (κ3) is 1.51. The molecule has 2 aliphatic rings. The predicted octanol–water partition coefficient (Wildman–Crippen LogP) is 0.974. The monoisotopic (exact) mass is 322 g/mol. The van der Waals surface area contributed by atoms with Crippen LogP contribution in [0.3, 0.4) is 0 Å². The first-order valence-corrected chi connectivity index (χ1v) is 3.66. The minimum Gasteiger partial charge on any atom is -0.499 e. The fraction of sp³-hybridized carbons (Fsp3) is 0.625. The maximum absolute atomic E-state index is 10.9. The summed E-state index contributed by atoms with van der Waals surface area (Å²) in [6.45, 7) is 2.08. The zero-order chi connectivity index (χ0) is 7.14. The van der Waals surface area contributed by atoms with Crippen LogP contribution in [0.5, 0.6) is 0 Å². The number of hydrogen-bond donors (Lipinski definition) is 0. The third-order valence-corrected chi connectivity index (χ3v) is 2.26. The van der Waals surface area contributed by atoms with Gasteiger partial charge in [0.25, 0.3) is 5.97 Å². The molecule has 0 aromatic rings. The van der Waals surface area contributed by atoms with E-state index in [4.69, 9.17) is 4.74 Å². The number of fused-ring (bicyclic) bond motifs is 2. The quantitative estimate of drug-likeness (QED) is 0.491. The molecule has 2 bridgehead atoms. The molecule has 3 heteroatoms. The van der Waals surface area contributed by atoms with Crippen molar-refractivity contribution >= 4 is 5.97 Å². The van der Waals surface area contributed by atoms with E-state index in [0.717, 1.165) is 6.42 Å². The molecule has 11 heavy (non-hydrogen) atoms. The van der Waals surface area contributed by atoms with E-state index in [9.17, 15) is 4.79 Å². The molecule has 0 spiro atoms. The zero-order valence-electron chi connectivity index (χ0n) is 6.32. The van der Waals surface area contributed by atoms with Crippen molar-refractivity contribution in [2.75, 3.05) is 0 Å². The molecule has 2 fully saturated rings. The third-order valence-electron chi connectivity index (χ3n) is 2.26. The Morgan fingerprint density at radius 3 is 3.00 bits per heavy atom. The molecule has 60 valence electrons. The summed E-state index contributed by atoms with van der Waals surface area (Å²) in [5.41, 5.74) is 0. The van der Waals surface area contributed by atoms with E-state index in [-0.39, 0.29) is 39.1 Å². The largest absolute Gasteiger partial charge is 2.00 e. The molecule has 3 atom stereocenters. The summed E-state index contributed by atoms with van der Waals surface area (Å²) in [6, 6.07) is 0. The van der Waals surface area contributed by atoms with Gasteiger partial charge in [0.05, 0.1) is 0 Å². The number of rotatable bonds is 0. The van der Waals surface area contributed by atoms with E-state index in [0.29, 0.717) is 5.92 Å². The molecule has 0 radical (unpaired) electrons. The van der Waals surface area contributed by atoms with E-state index < -0.39 is 0 Å². The molecule has 2 nitrogen and oxygen atoms in total. The van der Waals surface area contributed by atoms with Gasteiger partial charge in [0, 0.05) is 0 Å². The van der Waals surface area contributed by atoms with Crippen molar-refractivity contribution in [3.63, 3.8) is 0 Å². The van der Waals surface area contributed by atoms with Crippen molar-refractivity contribution in [1.82, 2.24) is 0 Å². The van der Waals surface area contributed by atoms with Gasteiger partial charge in [-0.25, -0.2) is 0 Å². The summed E-state index contributed by atoms with van der Waals surface area (Å²) in [6.07, 6.45) is 5.13. The summed E-state index contributed by atoms with van der Waals surface area (Å²) in [7, 11) is 0. The Labute approximate surface area is 80.9 Å². The van der Waals surface area contributed by atoms with E-state index in [1.54, 1.807) is 0 Å². The minimum absolute atomic E-state index is 0. The molecule has 1 aliphatic carbocycles. The van der Waals surface area contributed by atoms with Gasteiger partial charge >= 0.3 is 21.1 Å². The van der Waals surface area contributed by atoms with Crippen LogP contribution in [0.2, 0.25) is 0 Å². The standard InChI is InChI=1S/C8H10O2.W/c1-5-2-3-6-4-7(5)10-8(6)9;/h2,4-7H,3H2,1H3;/q-2;+2/t5-,6?,7?;/m1./s1. The zero-order valence-corrected chi connectivity index (χ0v) is 9.25. The second-order valence-electron chi connectivity index (χ2n) is 3.03. The van der Waals surface area contributed by atoms with Crippen LogP contribution in [0.1, 0.15) is 13.3 Å². The predicted molar refractivity (Wildman–Crippen MR) is 35.8 cm³/mol. The van der Waals surface area contributed by atoms with Crippen LogP contribution in [0.15, 0.2) is 0 Å². The number of hydrogen-bond acceptors (Lipinski definition) is 2. The number of carbonyl (C=O) groups is 1. The Kier molecular flexibility index (Phi) is 2.74. The first-order valence-electron chi connectivity index (χ1n) is 3.66. The van der Waals surface area contributed by atoms with E-state index in [1.165, 1.54) is 0 Å². The summed E-state index contributed by atoms with van der Waals surface area (Å²) < 4.78 is 5.07. The van der Waals surface area contributed by atoms with E-state index in [1.807, 2.05) is 6.42 Å². The molecular weight excluding hydrogens is 312 g/mol. The van der Waals surface area contributed by atoms with Gasteiger partial charge in [-0.1, -0.05) is 12.8 Å². The van der Waals surface area contributed by atoms with Gasteiger partial charge in [-0.2, -0.15) is 12.3 Å². The molecule has 1 heterocycles.